The lowest BCUT2D eigenvalue weighted by atomic mass is 11.0. The molecular formula is C3H8ClNOS. The van der Waals surface area contributed by atoms with Gasteiger partial charge in [0, 0.05) is 0 Å². The van der Waals surface area contributed by atoms with Crippen LogP contribution in [0, 0.1) is 0 Å². The number of rotatable bonds is 1. The number of carbonyl (C=O) groups is 1. The summed E-state index contributed by atoms with van der Waals surface area (Å²) in [4.78, 5) is 9.78. The molecule has 0 saturated carbocycles. The predicted octanol–water partition coefficient (Wildman–Crippen LogP) is 1.24. The summed E-state index contributed by atoms with van der Waals surface area (Å²) in [5.74, 6) is 0.773. The Morgan fingerprint density at radius 1 is 1.86 bits per heavy atom. The number of halogens is 1. The van der Waals surface area contributed by atoms with Gasteiger partial charge in [0.15, 0.2) is 0 Å². The van der Waals surface area contributed by atoms with Gasteiger partial charge >= 0.3 is 0 Å². The molecule has 0 atom stereocenters. The van der Waals surface area contributed by atoms with Crippen molar-refractivity contribution in [2.45, 2.75) is 6.92 Å². The van der Waals surface area contributed by atoms with Gasteiger partial charge < -0.3 is 5.73 Å². The molecule has 2 N–H and O–H groups in total. The summed E-state index contributed by atoms with van der Waals surface area (Å²) in [6.07, 6.45) is 0. The minimum atomic E-state index is -0.294. The summed E-state index contributed by atoms with van der Waals surface area (Å²) in [5, 5.41) is -0.294. The van der Waals surface area contributed by atoms with E-state index < -0.39 is 0 Å². The Balaban J connectivity index is 0. The van der Waals surface area contributed by atoms with Crippen molar-refractivity contribution in [3.8, 4) is 0 Å². The molecule has 0 aliphatic carbocycles. The molecule has 1 amide bonds. The number of hydrogen-bond acceptors (Lipinski definition) is 2. The summed E-state index contributed by atoms with van der Waals surface area (Å²) < 4.78 is 0. The Bertz CT molecular complexity index is 58.9. The zero-order valence-electron chi connectivity index (χ0n) is 4.01. The van der Waals surface area contributed by atoms with E-state index >= 15 is 0 Å². The van der Waals surface area contributed by atoms with Crippen molar-refractivity contribution in [2.75, 3.05) is 5.75 Å². The monoisotopic (exact) mass is 141 g/mol. The van der Waals surface area contributed by atoms with Crippen LogP contribution >= 0.6 is 24.2 Å². The molecule has 0 spiro atoms. The third-order valence-corrected chi connectivity index (χ3v) is 0.860. The fraction of sp³-hybridized carbons (Fsp3) is 0.667. The van der Waals surface area contributed by atoms with E-state index in [1.807, 2.05) is 6.92 Å². The van der Waals surface area contributed by atoms with Gasteiger partial charge in [-0.25, -0.2) is 0 Å². The Morgan fingerprint density at radius 2 is 2.29 bits per heavy atom. The van der Waals surface area contributed by atoms with Gasteiger partial charge in [-0.15, -0.1) is 12.4 Å². The molecule has 44 valence electrons. The zero-order chi connectivity index (χ0) is 4.99. The maximum atomic E-state index is 9.78. The van der Waals surface area contributed by atoms with Gasteiger partial charge in [0.25, 0.3) is 5.24 Å². The van der Waals surface area contributed by atoms with Crippen molar-refractivity contribution in [1.29, 1.82) is 0 Å². The van der Waals surface area contributed by atoms with E-state index in [0.717, 1.165) is 17.5 Å². The fourth-order valence-electron chi connectivity index (χ4n) is 0.142. The molecule has 0 aromatic rings. The first-order valence-corrected chi connectivity index (χ1v) is 2.68. The standard InChI is InChI=1S/C3H7NOS.ClH/c1-2-6-3(4)5;/h2H2,1H3,(H2,4,5);1H. The molecule has 0 rings (SSSR count). The molecule has 0 aromatic carbocycles. The van der Waals surface area contributed by atoms with Crippen molar-refractivity contribution in [2.24, 2.45) is 5.73 Å². The Kier molecular flexibility index (Phi) is 8.87. The molecule has 0 aromatic heterocycles. The van der Waals surface area contributed by atoms with Crippen LogP contribution in [0.3, 0.4) is 0 Å². The lowest BCUT2D eigenvalue weighted by Crippen LogP contribution is -2.01. The molecule has 2 nitrogen and oxygen atoms in total. The minimum absolute atomic E-state index is 0. The maximum absolute atomic E-state index is 9.78. The summed E-state index contributed by atoms with van der Waals surface area (Å²) in [5.41, 5.74) is 4.73. The van der Waals surface area contributed by atoms with Crippen molar-refractivity contribution in [3.05, 3.63) is 0 Å². The van der Waals surface area contributed by atoms with Gasteiger partial charge in [-0.3, -0.25) is 4.79 Å². The summed E-state index contributed by atoms with van der Waals surface area (Å²) >= 11 is 1.12. The first-order chi connectivity index (χ1) is 2.77. The summed E-state index contributed by atoms with van der Waals surface area (Å²) in [6.45, 7) is 1.88. The summed E-state index contributed by atoms with van der Waals surface area (Å²) in [7, 11) is 0. The highest BCUT2D eigenvalue weighted by atomic mass is 35.5. The summed E-state index contributed by atoms with van der Waals surface area (Å²) in [6, 6.07) is 0. The molecule has 4 heteroatoms. The number of hydrogen-bond donors (Lipinski definition) is 1. The van der Waals surface area contributed by atoms with E-state index in [4.69, 9.17) is 5.73 Å². The van der Waals surface area contributed by atoms with E-state index in [2.05, 4.69) is 0 Å². The van der Waals surface area contributed by atoms with E-state index in [1.54, 1.807) is 0 Å². The molecule has 0 saturated heterocycles. The minimum Gasteiger partial charge on any atom is -0.361 e. The second-order valence-electron chi connectivity index (χ2n) is 0.752. The van der Waals surface area contributed by atoms with Crippen LogP contribution in [0.4, 0.5) is 4.79 Å². The van der Waals surface area contributed by atoms with Gasteiger partial charge in [-0.05, 0) is 5.75 Å². The van der Waals surface area contributed by atoms with Crippen LogP contribution in [0.15, 0.2) is 0 Å². The predicted molar refractivity (Wildman–Crippen MR) is 35.0 cm³/mol. The van der Waals surface area contributed by atoms with E-state index in [0.29, 0.717) is 0 Å². The molecule has 0 radical (unpaired) electrons. The third-order valence-electron chi connectivity index (χ3n) is 0.287. The quantitative estimate of drug-likeness (QED) is 0.597. The van der Waals surface area contributed by atoms with E-state index in [9.17, 15) is 4.79 Å². The van der Waals surface area contributed by atoms with Gasteiger partial charge in [-0.1, -0.05) is 18.7 Å². The average Bonchev–Trinajstić information content (AvgIpc) is 1.35. The average molecular weight is 142 g/mol. The second kappa shape index (κ2) is 6.11. The first-order valence-electron chi connectivity index (χ1n) is 1.69. The number of nitrogens with two attached hydrogens (primary N) is 1. The molecule has 7 heavy (non-hydrogen) atoms. The van der Waals surface area contributed by atoms with E-state index in [1.165, 1.54) is 0 Å². The largest absolute Gasteiger partial charge is 0.361 e. The fourth-order valence-corrected chi connectivity index (χ4v) is 0.427. The first kappa shape index (κ1) is 10.2. The SMILES string of the molecule is CCSC(N)=O.Cl. The molecule has 0 heterocycles. The second-order valence-corrected chi connectivity index (χ2v) is 2.02. The highest BCUT2D eigenvalue weighted by Crippen LogP contribution is 1.94. The lowest BCUT2D eigenvalue weighted by Gasteiger charge is -1.81. The molecular weight excluding hydrogens is 134 g/mol. The van der Waals surface area contributed by atoms with Gasteiger partial charge in [0.1, 0.15) is 0 Å². The molecule has 0 aliphatic heterocycles. The van der Waals surface area contributed by atoms with Crippen molar-refractivity contribution in [3.63, 3.8) is 0 Å². The molecule has 0 fully saturated rings. The van der Waals surface area contributed by atoms with Crippen LogP contribution in [0.5, 0.6) is 0 Å². The van der Waals surface area contributed by atoms with Crippen LogP contribution in [-0.4, -0.2) is 11.0 Å². The van der Waals surface area contributed by atoms with Crippen LogP contribution in [0.25, 0.3) is 0 Å². The van der Waals surface area contributed by atoms with Crippen molar-refractivity contribution in [1.82, 2.24) is 0 Å². The van der Waals surface area contributed by atoms with Crippen molar-refractivity contribution < 1.29 is 4.79 Å². The normalized spacial score (nSPS) is 7.00. The molecule has 0 bridgehead atoms. The number of amides is 1. The number of primary amides is 1. The highest BCUT2D eigenvalue weighted by molar-refractivity contribution is 8.13. The van der Waals surface area contributed by atoms with Crippen molar-refractivity contribution >= 4 is 29.4 Å². The van der Waals surface area contributed by atoms with Crippen LogP contribution in [-0.2, 0) is 0 Å². The van der Waals surface area contributed by atoms with Crippen LogP contribution in [0.1, 0.15) is 6.92 Å². The Labute approximate surface area is 53.2 Å². The molecule has 0 unspecified atom stereocenters. The number of carbonyl (C=O) groups excluding carboxylic acids is 1. The smallest absolute Gasteiger partial charge is 0.276 e. The van der Waals surface area contributed by atoms with Crippen LogP contribution < -0.4 is 5.73 Å². The highest BCUT2D eigenvalue weighted by Gasteiger charge is 1.84. The Hall–Kier alpha value is 0.110. The lowest BCUT2D eigenvalue weighted by molar-refractivity contribution is 0.267. The van der Waals surface area contributed by atoms with Gasteiger partial charge in [0.05, 0.1) is 0 Å². The van der Waals surface area contributed by atoms with Crippen LogP contribution in [0.2, 0.25) is 0 Å². The Morgan fingerprint density at radius 3 is 2.29 bits per heavy atom. The van der Waals surface area contributed by atoms with E-state index in [-0.39, 0.29) is 17.6 Å². The van der Waals surface area contributed by atoms with Gasteiger partial charge in [0.2, 0.25) is 0 Å². The topological polar surface area (TPSA) is 43.1 Å². The number of thioether (sulfide) groups is 1. The maximum Gasteiger partial charge on any atom is 0.276 e. The third kappa shape index (κ3) is 10.7. The molecule has 0 aliphatic rings. The van der Waals surface area contributed by atoms with Gasteiger partial charge in [-0.2, -0.15) is 0 Å². The zero-order valence-corrected chi connectivity index (χ0v) is 5.64.